The summed E-state index contributed by atoms with van der Waals surface area (Å²) in [5.41, 5.74) is -0.236. The molecular formula is C13H15N3O4. The molecule has 1 aromatic heterocycles. The Morgan fingerprint density at radius 2 is 2.05 bits per heavy atom. The first-order valence-corrected chi connectivity index (χ1v) is 6.06. The normalized spacial score (nSPS) is 11.6. The van der Waals surface area contributed by atoms with Crippen LogP contribution in [0, 0.1) is 17.0 Å². The van der Waals surface area contributed by atoms with E-state index in [0.29, 0.717) is 11.3 Å². The lowest BCUT2D eigenvalue weighted by Gasteiger charge is -2.20. The lowest BCUT2D eigenvalue weighted by atomic mass is 10.2. The SMILES string of the molecule is Cc1nc2c([N+](=O)[O-])cccc2n1C(=O)OC(C)(C)C. The third-order valence-electron chi connectivity index (χ3n) is 2.60. The molecule has 0 aliphatic carbocycles. The molecule has 0 saturated heterocycles. The highest BCUT2D eigenvalue weighted by molar-refractivity contribution is 5.92. The minimum atomic E-state index is -0.652. The van der Waals surface area contributed by atoms with Gasteiger partial charge in [-0.3, -0.25) is 10.1 Å². The first-order chi connectivity index (χ1) is 9.20. The number of nitro groups is 1. The van der Waals surface area contributed by atoms with Gasteiger partial charge >= 0.3 is 6.09 Å². The van der Waals surface area contributed by atoms with Gasteiger partial charge in [0.25, 0.3) is 5.69 Å². The minimum Gasteiger partial charge on any atom is -0.443 e. The van der Waals surface area contributed by atoms with Crippen LogP contribution in [-0.4, -0.2) is 26.2 Å². The molecule has 0 radical (unpaired) electrons. The highest BCUT2D eigenvalue weighted by atomic mass is 16.6. The van der Waals surface area contributed by atoms with Crippen molar-refractivity contribution >= 4 is 22.8 Å². The van der Waals surface area contributed by atoms with Crippen molar-refractivity contribution in [2.45, 2.75) is 33.3 Å². The first kappa shape index (κ1) is 14.0. The Morgan fingerprint density at radius 1 is 1.40 bits per heavy atom. The van der Waals surface area contributed by atoms with Crippen molar-refractivity contribution in [3.8, 4) is 0 Å². The van der Waals surface area contributed by atoms with Crippen LogP contribution in [-0.2, 0) is 4.74 Å². The Bertz CT molecular complexity index is 697. The molecule has 2 aromatic rings. The number of benzene rings is 1. The summed E-state index contributed by atoms with van der Waals surface area (Å²) >= 11 is 0. The third kappa shape index (κ3) is 2.47. The summed E-state index contributed by atoms with van der Waals surface area (Å²) in [5, 5.41) is 11.0. The Kier molecular flexibility index (Phi) is 3.21. The maximum atomic E-state index is 12.2. The van der Waals surface area contributed by atoms with Gasteiger partial charge in [-0.25, -0.2) is 14.3 Å². The van der Waals surface area contributed by atoms with Crippen LogP contribution in [0.5, 0.6) is 0 Å². The van der Waals surface area contributed by atoms with E-state index in [9.17, 15) is 14.9 Å². The van der Waals surface area contributed by atoms with Crippen LogP contribution in [0.3, 0.4) is 0 Å². The van der Waals surface area contributed by atoms with E-state index in [0.717, 1.165) is 0 Å². The Labute approximate surface area is 115 Å². The van der Waals surface area contributed by atoms with E-state index in [-0.39, 0.29) is 11.2 Å². The number of non-ortho nitro benzene ring substituents is 1. The average Bonchev–Trinajstić information content (AvgIpc) is 2.61. The van der Waals surface area contributed by atoms with Crippen LogP contribution in [0.15, 0.2) is 18.2 Å². The fourth-order valence-electron chi connectivity index (χ4n) is 1.89. The zero-order chi connectivity index (χ0) is 15.1. The average molecular weight is 277 g/mol. The first-order valence-electron chi connectivity index (χ1n) is 6.06. The second-order valence-electron chi connectivity index (χ2n) is 5.38. The summed E-state index contributed by atoms with van der Waals surface area (Å²) in [6.45, 7) is 6.86. The smallest absolute Gasteiger partial charge is 0.420 e. The molecule has 0 atom stereocenters. The van der Waals surface area contributed by atoms with Crippen molar-refractivity contribution in [3.05, 3.63) is 34.1 Å². The summed E-state index contributed by atoms with van der Waals surface area (Å²) in [5.74, 6) is 0.351. The van der Waals surface area contributed by atoms with Gasteiger partial charge in [0.05, 0.1) is 10.4 Å². The van der Waals surface area contributed by atoms with Crippen LogP contribution in [0.25, 0.3) is 11.0 Å². The number of carbonyl (C=O) groups excluding carboxylic acids is 1. The van der Waals surface area contributed by atoms with Crippen LogP contribution < -0.4 is 0 Å². The molecule has 0 spiro atoms. The number of hydrogen-bond donors (Lipinski definition) is 0. The topological polar surface area (TPSA) is 87.3 Å². The third-order valence-corrected chi connectivity index (χ3v) is 2.60. The molecule has 106 valence electrons. The van der Waals surface area contributed by atoms with Crippen molar-refractivity contribution in [1.29, 1.82) is 0 Å². The minimum absolute atomic E-state index is 0.132. The number of rotatable bonds is 1. The van der Waals surface area contributed by atoms with Crippen LogP contribution in [0.4, 0.5) is 10.5 Å². The predicted molar refractivity (Wildman–Crippen MR) is 72.8 cm³/mol. The molecule has 0 bridgehead atoms. The number of para-hydroxylation sites is 1. The van der Waals surface area contributed by atoms with E-state index in [2.05, 4.69) is 4.98 Å². The number of ether oxygens (including phenoxy) is 1. The number of fused-ring (bicyclic) bond motifs is 1. The molecule has 0 N–H and O–H groups in total. The molecule has 0 unspecified atom stereocenters. The van der Waals surface area contributed by atoms with Crippen molar-refractivity contribution in [3.63, 3.8) is 0 Å². The molecule has 1 heterocycles. The second-order valence-corrected chi connectivity index (χ2v) is 5.38. The highest BCUT2D eigenvalue weighted by Crippen LogP contribution is 2.26. The van der Waals surface area contributed by atoms with Gasteiger partial charge in [-0.1, -0.05) is 6.07 Å². The number of nitrogens with zero attached hydrogens (tertiary/aromatic N) is 3. The fraction of sp³-hybridized carbons (Fsp3) is 0.385. The fourth-order valence-corrected chi connectivity index (χ4v) is 1.89. The van der Waals surface area contributed by atoms with Gasteiger partial charge in [0, 0.05) is 6.07 Å². The van der Waals surface area contributed by atoms with Crippen molar-refractivity contribution in [1.82, 2.24) is 9.55 Å². The quantitative estimate of drug-likeness (QED) is 0.590. The summed E-state index contributed by atoms with van der Waals surface area (Å²) in [4.78, 5) is 26.7. The van der Waals surface area contributed by atoms with Gasteiger partial charge in [0.15, 0.2) is 5.52 Å². The number of aryl methyl sites for hydroxylation is 1. The highest BCUT2D eigenvalue weighted by Gasteiger charge is 2.24. The van der Waals surface area contributed by atoms with Crippen molar-refractivity contribution < 1.29 is 14.5 Å². The van der Waals surface area contributed by atoms with Crippen LogP contribution >= 0.6 is 0 Å². The molecule has 1 aromatic carbocycles. The van der Waals surface area contributed by atoms with E-state index in [4.69, 9.17) is 4.74 Å². The monoisotopic (exact) mass is 277 g/mol. The molecule has 7 nitrogen and oxygen atoms in total. The van der Waals surface area contributed by atoms with Gasteiger partial charge in [0.2, 0.25) is 0 Å². The van der Waals surface area contributed by atoms with Gasteiger partial charge < -0.3 is 4.74 Å². The summed E-state index contributed by atoms with van der Waals surface area (Å²) in [7, 11) is 0. The standard InChI is InChI=1S/C13H15N3O4/c1-8-14-11-9(6-5-7-10(11)16(18)19)15(8)12(17)20-13(2,3)4/h5-7H,1-4H3. The van der Waals surface area contributed by atoms with E-state index in [1.807, 2.05) is 0 Å². The number of nitro benzene ring substituents is 1. The lowest BCUT2D eigenvalue weighted by molar-refractivity contribution is -0.383. The zero-order valence-electron chi connectivity index (χ0n) is 11.7. The largest absolute Gasteiger partial charge is 0.443 e. The molecule has 0 aliphatic heterocycles. The maximum Gasteiger partial charge on any atom is 0.420 e. The molecule has 0 amide bonds. The summed E-state index contributed by atoms with van der Waals surface area (Å²) in [6, 6.07) is 4.48. The molecule has 0 saturated carbocycles. The number of carbonyl (C=O) groups is 1. The molecule has 20 heavy (non-hydrogen) atoms. The Morgan fingerprint density at radius 3 is 2.60 bits per heavy atom. The Balaban J connectivity index is 2.61. The number of hydrogen-bond acceptors (Lipinski definition) is 5. The Hall–Kier alpha value is -2.44. The predicted octanol–water partition coefficient (Wildman–Crippen LogP) is 3.04. The van der Waals surface area contributed by atoms with Crippen LogP contribution in [0.1, 0.15) is 26.6 Å². The van der Waals surface area contributed by atoms with Gasteiger partial charge in [-0.05, 0) is 33.8 Å². The number of imidazole rings is 1. The van der Waals surface area contributed by atoms with Gasteiger partial charge in [0.1, 0.15) is 11.4 Å². The number of aromatic nitrogens is 2. The van der Waals surface area contributed by atoms with Gasteiger partial charge in [-0.2, -0.15) is 0 Å². The second kappa shape index (κ2) is 4.59. The summed E-state index contributed by atoms with van der Waals surface area (Å²) < 4.78 is 6.53. The van der Waals surface area contributed by atoms with Crippen LogP contribution in [0.2, 0.25) is 0 Å². The van der Waals surface area contributed by atoms with Gasteiger partial charge in [-0.15, -0.1) is 0 Å². The molecular weight excluding hydrogens is 262 g/mol. The van der Waals surface area contributed by atoms with E-state index >= 15 is 0 Å². The zero-order valence-corrected chi connectivity index (χ0v) is 11.7. The molecule has 2 rings (SSSR count). The molecule has 7 heteroatoms. The van der Waals surface area contributed by atoms with E-state index in [1.54, 1.807) is 33.8 Å². The maximum absolute atomic E-state index is 12.2. The molecule has 0 aliphatic rings. The van der Waals surface area contributed by atoms with E-state index < -0.39 is 16.6 Å². The van der Waals surface area contributed by atoms with Crippen molar-refractivity contribution in [2.75, 3.05) is 0 Å². The van der Waals surface area contributed by atoms with Crippen molar-refractivity contribution in [2.24, 2.45) is 0 Å². The van der Waals surface area contributed by atoms with E-state index in [1.165, 1.54) is 16.7 Å². The molecule has 0 fully saturated rings. The summed E-state index contributed by atoms with van der Waals surface area (Å²) in [6.07, 6.45) is -0.599. The lowest BCUT2D eigenvalue weighted by Crippen LogP contribution is -2.27.